The second-order valence-electron chi connectivity index (χ2n) is 7.65. The van der Waals surface area contributed by atoms with Crippen LogP contribution in [0.15, 0.2) is 47.7 Å². The van der Waals surface area contributed by atoms with Crippen molar-refractivity contribution in [3.05, 3.63) is 48.3 Å². The normalized spacial score (nSPS) is 15.2. The van der Waals surface area contributed by atoms with Crippen molar-refractivity contribution in [2.75, 3.05) is 51.2 Å². The van der Waals surface area contributed by atoms with Crippen molar-refractivity contribution in [3.8, 4) is 0 Å². The number of rotatable bonds is 8. The summed E-state index contributed by atoms with van der Waals surface area (Å²) < 4.78 is 1.72. The van der Waals surface area contributed by atoms with Crippen molar-refractivity contribution in [2.45, 2.75) is 19.9 Å². The molecule has 1 N–H and O–H groups in total. The molecule has 1 aliphatic heterocycles. The van der Waals surface area contributed by atoms with E-state index in [9.17, 15) is 4.79 Å². The molecule has 0 bridgehead atoms. The van der Waals surface area contributed by atoms with Crippen LogP contribution in [0, 0.1) is 0 Å². The lowest BCUT2D eigenvalue weighted by molar-refractivity contribution is -0.120. The second-order valence-corrected chi connectivity index (χ2v) is 7.65. The molecule has 0 radical (unpaired) electrons. The first-order chi connectivity index (χ1) is 14.6. The number of carbonyl (C=O) groups excluding carboxylic acids is 1. The summed E-state index contributed by atoms with van der Waals surface area (Å²) in [5.41, 5.74) is 2.17. The maximum Gasteiger partial charge on any atom is 0.246 e. The van der Waals surface area contributed by atoms with E-state index in [1.807, 2.05) is 24.2 Å². The Bertz CT molecular complexity index is 833. The lowest BCUT2D eigenvalue weighted by Gasteiger charge is -2.35. The molecule has 0 spiro atoms. The van der Waals surface area contributed by atoms with Crippen molar-refractivity contribution >= 4 is 17.6 Å². The molecule has 0 unspecified atom stereocenters. The summed E-state index contributed by atoms with van der Waals surface area (Å²) in [5, 5.41) is 7.50. The molecular weight excluding hydrogens is 378 g/mol. The Labute approximate surface area is 179 Å². The molecule has 1 amide bonds. The van der Waals surface area contributed by atoms with Gasteiger partial charge in [0.05, 0.1) is 11.9 Å². The molecule has 0 atom stereocenters. The van der Waals surface area contributed by atoms with Gasteiger partial charge in [-0.05, 0) is 32.5 Å². The van der Waals surface area contributed by atoms with Crippen molar-refractivity contribution in [1.82, 2.24) is 24.9 Å². The third-order valence-corrected chi connectivity index (χ3v) is 5.11. The first-order valence-electron chi connectivity index (χ1n) is 10.6. The molecule has 1 aromatic heterocycles. The van der Waals surface area contributed by atoms with E-state index in [1.165, 1.54) is 5.56 Å². The number of aliphatic imine (C=N–C) groups is 1. The summed E-state index contributed by atoms with van der Waals surface area (Å²) >= 11 is 0. The predicted octanol–water partition coefficient (Wildman–Crippen LogP) is 1.56. The Morgan fingerprint density at radius 1 is 1.27 bits per heavy atom. The molecule has 0 saturated carbocycles. The molecule has 0 aliphatic carbocycles. The average Bonchev–Trinajstić information content (AvgIpc) is 3.17. The van der Waals surface area contributed by atoms with Crippen LogP contribution in [0.4, 0.5) is 5.69 Å². The smallest absolute Gasteiger partial charge is 0.246 e. The SMILES string of the molecule is CCNC(=NCCCN(C)Cc1ccccc1)N1CCN(c2cnn(C)c2)C(=O)C1. The molecule has 1 saturated heterocycles. The maximum atomic E-state index is 12.7. The van der Waals surface area contributed by atoms with Crippen LogP contribution in [0.1, 0.15) is 18.9 Å². The first kappa shape index (κ1) is 21.8. The minimum atomic E-state index is 0.0717. The molecule has 1 aromatic carbocycles. The highest BCUT2D eigenvalue weighted by Crippen LogP contribution is 2.16. The monoisotopic (exact) mass is 411 g/mol. The van der Waals surface area contributed by atoms with Gasteiger partial charge in [-0.3, -0.25) is 14.5 Å². The molecule has 3 rings (SSSR count). The van der Waals surface area contributed by atoms with Gasteiger partial charge < -0.3 is 20.0 Å². The van der Waals surface area contributed by atoms with Gasteiger partial charge in [-0.25, -0.2) is 0 Å². The van der Waals surface area contributed by atoms with E-state index in [1.54, 1.807) is 15.8 Å². The highest BCUT2D eigenvalue weighted by molar-refractivity contribution is 5.98. The summed E-state index contributed by atoms with van der Waals surface area (Å²) in [7, 11) is 4.00. The van der Waals surface area contributed by atoms with Crippen molar-refractivity contribution in [1.29, 1.82) is 0 Å². The summed E-state index contributed by atoms with van der Waals surface area (Å²) in [6.07, 6.45) is 4.58. The maximum absolute atomic E-state index is 12.7. The quantitative estimate of drug-likeness (QED) is 0.406. The number of hydrogen-bond acceptors (Lipinski definition) is 4. The van der Waals surface area contributed by atoms with Gasteiger partial charge in [-0.2, -0.15) is 5.10 Å². The Kier molecular flexibility index (Phi) is 7.84. The first-order valence-corrected chi connectivity index (χ1v) is 10.6. The van der Waals surface area contributed by atoms with Gasteiger partial charge in [-0.1, -0.05) is 30.3 Å². The lowest BCUT2D eigenvalue weighted by Crippen LogP contribution is -2.55. The number of anilines is 1. The largest absolute Gasteiger partial charge is 0.357 e. The Morgan fingerprint density at radius 3 is 2.73 bits per heavy atom. The van der Waals surface area contributed by atoms with E-state index in [-0.39, 0.29) is 5.91 Å². The van der Waals surface area contributed by atoms with Gasteiger partial charge in [0.2, 0.25) is 5.91 Å². The van der Waals surface area contributed by atoms with Gasteiger partial charge in [-0.15, -0.1) is 0 Å². The lowest BCUT2D eigenvalue weighted by atomic mass is 10.2. The van der Waals surface area contributed by atoms with Crippen molar-refractivity contribution in [3.63, 3.8) is 0 Å². The molecule has 8 nitrogen and oxygen atoms in total. The minimum absolute atomic E-state index is 0.0717. The van der Waals surface area contributed by atoms with E-state index in [0.29, 0.717) is 13.1 Å². The number of aromatic nitrogens is 2. The number of piperazine rings is 1. The summed E-state index contributed by atoms with van der Waals surface area (Å²) in [5.74, 6) is 0.893. The standard InChI is InChI=1S/C22H33N7O/c1-4-23-22(24-11-8-12-26(2)16-19-9-6-5-7-10-19)28-13-14-29(21(30)18-28)20-15-25-27(3)17-20/h5-7,9-10,15,17H,4,8,11-14,16,18H2,1-3H3,(H,23,24). The van der Waals surface area contributed by atoms with E-state index in [2.05, 4.69) is 53.6 Å². The second kappa shape index (κ2) is 10.8. The highest BCUT2D eigenvalue weighted by atomic mass is 16.2. The van der Waals surface area contributed by atoms with Crippen LogP contribution in [0.2, 0.25) is 0 Å². The number of benzene rings is 1. The number of nitrogens with one attached hydrogen (secondary N) is 1. The van der Waals surface area contributed by atoms with Crippen LogP contribution in [-0.2, 0) is 18.4 Å². The molecule has 2 aromatic rings. The summed E-state index contributed by atoms with van der Waals surface area (Å²) in [6.45, 7) is 7.20. The zero-order valence-electron chi connectivity index (χ0n) is 18.3. The summed E-state index contributed by atoms with van der Waals surface area (Å²) in [4.78, 5) is 23.6. The van der Waals surface area contributed by atoms with Gasteiger partial charge in [0.15, 0.2) is 5.96 Å². The van der Waals surface area contributed by atoms with Crippen LogP contribution in [0.3, 0.4) is 0 Å². The van der Waals surface area contributed by atoms with Crippen molar-refractivity contribution in [2.24, 2.45) is 12.0 Å². The van der Waals surface area contributed by atoms with Gasteiger partial charge in [0.25, 0.3) is 0 Å². The zero-order valence-corrected chi connectivity index (χ0v) is 18.3. The fraction of sp³-hybridized carbons (Fsp3) is 0.500. The van der Waals surface area contributed by atoms with Gasteiger partial charge in [0.1, 0.15) is 6.54 Å². The number of amides is 1. The van der Waals surface area contributed by atoms with E-state index in [0.717, 1.165) is 50.8 Å². The topological polar surface area (TPSA) is 69.0 Å². The van der Waals surface area contributed by atoms with Crippen LogP contribution in [0.5, 0.6) is 0 Å². The molecule has 1 aliphatic rings. The number of carbonyl (C=O) groups is 1. The van der Waals surface area contributed by atoms with E-state index >= 15 is 0 Å². The van der Waals surface area contributed by atoms with Crippen LogP contribution in [0.25, 0.3) is 0 Å². The molecule has 1 fully saturated rings. The summed E-state index contributed by atoms with van der Waals surface area (Å²) in [6, 6.07) is 10.5. The number of hydrogen-bond donors (Lipinski definition) is 1. The predicted molar refractivity (Wildman–Crippen MR) is 121 cm³/mol. The van der Waals surface area contributed by atoms with Gasteiger partial charge in [0, 0.05) is 46.0 Å². The Balaban J connectivity index is 1.49. The Morgan fingerprint density at radius 2 is 2.07 bits per heavy atom. The molecule has 8 heteroatoms. The molecular formula is C22H33N7O. The van der Waals surface area contributed by atoms with Crippen molar-refractivity contribution < 1.29 is 4.79 Å². The van der Waals surface area contributed by atoms with Crippen LogP contribution < -0.4 is 10.2 Å². The fourth-order valence-electron chi connectivity index (χ4n) is 3.60. The minimum Gasteiger partial charge on any atom is -0.357 e. The zero-order chi connectivity index (χ0) is 21.3. The third-order valence-electron chi connectivity index (χ3n) is 5.11. The highest BCUT2D eigenvalue weighted by Gasteiger charge is 2.27. The number of nitrogens with zero attached hydrogens (tertiary/aromatic N) is 6. The number of aryl methyl sites for hydroxylation is 1. The average molecular weight is 412 g/mol. The fourth-order valence-corrected chi connectivity index (χ4v) is 3.60. The van der Waals surface area contributed by atoms with E-state index < -0.39 is 0 Å². The van der Waals surface area contributed by atoms with Crippen LogP contribution in [-0.4, -0.2) is 77.8 Å². The molecule has 162 valence electrons. The third kappa shape index (κ3) is 6.06. The Hall–Kier alpha value is -2.87. The molecule has 2 heterocycles. The van der Waals surface area contributed by atoms with Gasteiger partial charge >= 0.3 is 0 Å². The van der Waals surface area contributed by atoms with Crippen LogP contribution >= 0.6 is 0 Å². The van der Waals surface area contributed by atoms with E-state index in [4.69, 9.17) is 4.99 Å². The molecule has 30 heavy (non-hydrogen) atoms. The number of guanidine groups is 1.